The molecule has 8 heteroatoms. The smallest absolute Gasteiger partial charge is 0.244 e. The monoisotopic (exact) mass is 287 g/mol. The lowest BCUT2D eigenvalue weighted by atomic mass is 10.1. The molecule has 19 heavy (non-hydrogen) atoms. The van der Waals surface area contributed by atoms with Crippen LogP contribution in [0.2, 0.25) is 0 Å². The molecule has 1 aromatic heterocycles. The average molecular weight is 287 g/mol. The van der Waals surface area contributed by atoms with Crippen LogP contribution in [-0.4, -0.2) is 30.1 Å². The molecular formula is C11H21N5O2S. The minimum atomic E-state index is -3.74. The first kappa shape index (κ1) is 15.6. The van der Waals surface area contributed by atoms with Gasteiger partial charge in [0.15, 0.2) is 0 Å². The maximum atomic E-state index is 12.4. The molecule has 0 aliphatic heterocycles. The van der Waals surface area contributed by atoms with Gasteiger partial charge in [-0.2, -0.15) is 5.10 Å². The minimum Gasteiger partial charge on any atom is -0.386 e. The van der Waals surface area contributed by atoms with Crippen molar-refractivity contribution in [3.63, 3.8) is 0 Å². The molecule has 0 aromatic carbocycles. The van der Waals surface area contributed by atoms with Crippen LogP contribution < -0.4 is 10.5 Å². The molecule has 0 saturated carbocycles. The number of nitrogens with one attached hydrogen (secondary N) is 2. The molecule has 0 fully saturated rings. The van der Waals surface area contributed by atoms with Crippen molar-refractivity contribution < 1.29 is 8.42 Å². The summed E-state index contributed by atoms with van der Waals surface area (Å²) in [6, 6.07) is -0.719. The first-order valence-corrected chi connectivity index (χ1v) is 7.42. The quantitative estimate of drug-likeness (QED) is 0.533. The van der Waals surface area contributed by atoms with Crippen molar-refractivity contribution in [1.29, 1.82) is 5.41 Å². The van der Waals surface area contributed by atoms with Crippen LogP contribution in [0.15, 0.2) is 4.90 Å². The number of amidine groups is 1. The van der Waals surface area contributed by atoms with Gasteiger partial charge >= 0.3 is 0 Å². The van der Waals surface area contributed by atoms with Gasteiger partial charge in [0.25, 0.3) is 0 Å². The first-order chi connectivity index (χ1) is 8.58. The van der Waals surface area contributed by atoms with Crippen molar-refractivity contribution in [2.75, 3.05) is 0 Å². The Hall–Kier alpha value is -1.41. The molecule has 1 unspecified atom stereocenters. The SMILES string of the molecule is Cc1nn(C)c(C)c1S(=O)(=O)NC(C(=N)N)C(C)C. The van der Waals surface area contributed by atoms with E-state index in [1.807, 2.05) is 0 Å². The second kappa shape index (κ2) is 5.30. The van der Waals surface area contributed by atoms with E-state index in [4.69, 9.17) is 11.1 Å². The van der Waals surface area contributed by atoms with Crippen LogP contribution in [0.25, 0.3) is 0 Å². The van der Waals surface area contributed by atoms with E-state index in [2.05, 4.69) is 9.82 Å². The lowest BCUT2D eigenvalue weighted by Crippen LogP contribution is -2.47. The van der Waals surface area contributed by atoms with Crippen molar-refractivity contribution in [3.8, 4) is 0 Å². The predicted octanol–water partition coefficient (Wildman–Crippen LogP) is 0.276. The fourth-order valence-electron chi connectivity index (χ4n) is 1.93. The van der Waals surface area contributed by atoms with E-state index in [0.717, 1.165) is 0 Å². The summed E-state index contributed by atoms with van der Waals surface area (Å²) in [7, 11) is -2.06. The lowest BCUT2D eigenvalue weighted by molar-refractivity contribution is 0.521. The standard InChI is InChI=1S/C11H21N5O2S/c1-6(2)9(11(12)13)15-19(17,18)10-7(3)14-16(5)8(10)4/h6,9,15H,1-5H3,(H3,12,13). The van der Waals surface area contributed by atoms with Crippen molar-refractivity contribution in [2.24, 2.45) is 18.7 Å². The molecule has 0 amide bonds. The van der Waals surface area contributed by atoms with Crippen LogP contribution in [0.1, 0.15) is 25.2 Å². The Labute approximate surface area is 113 Å². The van der Waals surface area contributed by atoms with Crippen LogP contribution >= 0.6 is 0 Å². The predicted molar refractivity (Wildman–Crippen MR) is 73.5 cm³/mol. The van der Waals surface area contributed by atoms with Gasteiger partial charge in [0.05, 0.1) is 17.4 Å². The van der Waals surface area contributed by atoms with Crippen molar-refractivity contribution >= 4 is 15.9 Å². The molecule has 0 saturated heterocycles. The highest BCUT2D eigenvalue weighted by molar-refractivity contribution is 7.89. The largest absolute Gasteiger partial charge is 0.386 e. The maximum Gasteiger partial charge on any atom is 0.244 e. The summed E-state index contributed by atoms with van der Waals surface area (Å²) >= 11 is 0. The summed E-state index contributed by atoms with van der Waals surface area (Å²) in [6.07, 6.45) is 0. The molecule has 0 aliphatic carbocycles. The Kier molecular flexibility index (Phi) is 4.36. The normalized spacial score (nSPS) is 13.8. The van der Waals surface area contributed by atoms with Crippen LogP contribution in [-0.2, 0) is 17.1 Å². The van der Waals surface area contributed by atoms with Gasteiger partial charge in [-0.05, 0) is 19.8 Å². The van der Waals surface area contributed by atoms with Gasteiger partial charge in [0.1, 0.15) is 10.7 Å². The van der Waals surface area contributed by atoms with Gasteiger partial charge in [-0.1, -0.05) is 13.8 Å². The number of nitrogens with two attached hydrogens (primary N) is 1. The minimum absolute atomic E-state index is 0.107. The van der Waals surface area contributed by atoms with Gasteiger partial charge in [0.2, 0.25) is 10.0 Å². The molecule has 7 nitrogen and oxygen atoms in total. The Balaban J connectivity index is 3.22. The van der Waals surface area contributed by atoms with Gasteiger partial charge in [-0.25, -0.2) is 13.1 Å². The molecule has 1 aromatic rings. The summed E-state index contributed by atoms with van der Waals surface area (Å²) in [4.78, 5) is 0.155. The summed E-state index contributed by atoms with van der Waals surface area (Å²) < 4.78 is 28.8. The molecule has 0 spiro atoms. The third-order valence-electron chi connectivity index (χ3n) is 3.00. The van der Waals surface area contributed by atoms with E-state index in [0.29, 0.717) is 11.4 Å². The van der Waals surface area contributed by atoms with Crippen molar-refractivity contribution in [2.45, 2.75) is 38.6 Å². The Bertz CT molecular complexity index is 588. The van der Waals surface area contributed by atoms with Gasteiger partial charge in [-0.3, -0.25) is 10.1 Å². The van der Waals surface area contributed by atoms with Crippen LogP contribution in [0.3, 0.4) is 0 Å². The molecular weight excluding hydrogens is 266 g/mol. The molecule has 0 aliphatic rings. The zero-order valence-corrected chi connectivity index (χ0v) is 12.7. The Morgan fingerprint density at radius 2 is 1.95 bits per heavy atom. The third kappa shape index (κ3) is 3.13. The fraction of sp³-hybridized carbons (Fsp3) is 0.636. The highest BCUT2D eigenvalue weighted by Crippen LogP contribution is 2.19. The fourth-order valence-corrected chi connectivity index (χ4v) is 3.73. The molecule has 4 N–H and O–H groups in total. The van der Waals surface area contributed by atoms with E-state index in [1.54, 1.807) is 34.7 Å². The van der Waals surface area contributed by atoms with E-state index in [1.165, 1.54) is 4.68 Å². The molecule has 0 bridgehead atoms. The first-order valence-electron chi connectivity index (χ1n) is 5.94. The molecule has 1 heterocycles. The molecule has 108 valence electrons. The zero-order valence-electron chi connectivity index (χ0n) is 11.9. The van der Waals surface area contributed by atoms with E-state index >= 15 is 0 Å². The number of rotatable bonds is 5. The van der Waals surface area contributed by atoms with E-state index < -0.39 is 16.1 Å². The number of sulfonamides is 1. The van der Waals surface area contributed by atoms with Crippen LogP contribution in [0.5, 0.6) is 0 Å². The van der Waals surface area contributed by atoms with Gasteiger partial charge in [-0.15, -0.1) is 0 Å². The number of hydrogen-bond acceptors (Lipinski definition) is 4. The Morgan fingerprint density at radius 1 is 1.42 bits per heavy atom. The van der Waals surface area contributed by atoms with Crippen LogP contribution in [0, 0.1) is 25.2 Å². The topological polar surface area (TPSA) is 114 Å². The van der Waals surface area contributed by atoms with E-state index in [-0.39, 0.29) is 16.6 Å². The zero-order chi connectivity index (χ0) is 15.0. The number of hydrogen-bond donors (Lipinski definition) is 3. The highest BCUT2D eigenvalue weighted by atomic mass is 32.2. The van der Waals surface area contributed by atoms with Gasteiger partial charge < -0.3 is 5.73 Å². The number of nitrogens with zero attached hydrogens (tertiary/aromatic N) is 2. The Morgan fingerprint density at radius 3 is 2.26 bits per heavy atom. The second-order valence-corrected chi connectivity index (χ2v) is 6.57. The van der Waals surface area contributed by atoms with E-state index in [9.17, 15) is 8.42 Å². The van der Waals surface area contributed by atoms with Crippen molar-refractivity contribution in [1.82, 2.24) is 14.5 Å². The second-order valence-electron chi connectivity index (χ2n) is 4.92. The molecule has 0 radical (unpaired) electrons. The molecule has 1 rings (SSSR count). The third-order valence-corrected chi connectivity index (χ3v) is 4.69. The summed E-state index contributed by atoms with van der Waals surface area (Å²) in [5.74, 6) is -0.303. The summed E-state index contributed by atoms with van der Waals surface area (Å²) in [5, 5.41) is 11.6. The number of aromatic nitrogens is 2. The molecule has 1 atom stereocenters. The van der Waals surface area contributed by atoms with Crippen LogP contribution in [0.4, 0.5) is 0 Å². The average Bonchev–Trinajstić information content (AvgIpc) is 2.49. The highest BCUT2D eigenvalue weighted by Gasteiger charge is 2.29. The van der Waals surface area contributed by atoms with Gasteiger partial charge in [0, 0.05) is 7.05 Å². The summed E-state index contributed by atoms with van der Waals surface area (Å²) in [5.41, 5.74) is 6.42. The lowest BCUT2D eigenvalue weighted by Gasteiger charge is -2.20. The maximum absolute atomic E-state index is 12.4. The van der Waals surface area contributed by atoms with Crippen molar-refractivity contribution in [3.05, 3.63) is 11.4 Å². The number of aryl methyl sites for hydroxylation is 2. The summed E-state index contributed by atoms with van der Waals surface area (Å²) in [6.45, 7) is 6.93.